The van der Waals surface area contributed by atoms with Crippen molar-refractivity contribution in [3.8, 4) is 0 Å². The Kier molecular flexibility index (Phi) is 4.20. The minimum atomic E-state index is -4.26. The van der Waals surface area contributed by atoms with Crippen molar-refractivity contribution in [1.82, 2.24) is 10.6 Å². The van der Waals surface area contributed by atoms with Crippen LogP contribution in [0.3, 0.4) is 0 Å². The molecule has 0 radical (unpaired) electrons. The zero-order chi connectivity index (χ0) is 14.8. The van der Waals surface area contributed by atoms with Gasteiger partial charge in [0, 0.05) is 20.1 Å². The summed E-state index contributed by atoms with van der Waals surface area (Å²) in [6.07, 6.45) is -2.44. The molecule has 1 aromatic rings. The van der Waals surface area contributed by atoms with Crippen LogP contribution in [0.1, 0.15) is 29.9 Å². The van der Waals surface area contributed by atoms with E-state index in [-0.39, 0.29) is 0 Å². The van der Waals surface area contributed by atoms with Gasteiger partial charge in [-0.3, -0.25) is 4.99 Å². The van der Waals surface area contributed by atoms with Crippen LogP contribution in [0.4, 0.5) is 13.2 Å². The lowest BCUT2D eigenvalue weighted by atomic mass is 9.76. The van der Waals surface area contributed by atoms with Crippen LogP contribution >= 0.6 is 0 Å². The zero-order valence-electron chi connectivity index (χ0n) is 11.5. The molecule has 20 heavy (non-hydrogen) atoms. The molecule has 1 fully saturated rings. The van der Waals surface area contributed by atoms with Gasteiger partial charge in [-0.1, -0.05) is 12.1 Å². The lowest BCUT2D eigenvalue weighted by Gasteiger charge is -2.37. The molecule has 0 bridgehead atoms. The summed E-state index contributed by atoms with van der Waals surface area (Å²) < 4.78 is 37.4. The molecule has 0 amide bonds. The summed E-state index contributed by atoms with van der Waals surface area (Å²) in [6, 6.07) is 5.80. The topological polar surface area (TPSA) is 36.4 Å². The fraction of sp³-hybridized carbons (Fsp3) is 0.500. The lowest BCUT2D eigenvalue weighted by molar-refractivity contribution is -0.137. The third kappa shape index (κ3) is 3.23. The largest absolute Gasteiger partial charge is 0.416 e. The molecule has 3 nitrogen and oxygen atoms in total. The van der Waals surface area contributed by atoms with Crippen LogP contribution in [-0.4, -0.2) is 26.1 Å². The van der Waals surface area contributed by atoms with Gasteiger partial charge in [0.1, 0.15) is 0 Å². The highest BCUT2D eigenvalue weighted by Crippen LogP contribution is 2.38. The maximum Gasteiger partial charge on any atom is 0.416 e. The quantitative estimate of drug-likeness (QED) is 0.647. The first-order valence-electron chi connectivity index (χ1n) is 6.52. The maximum absolute atomic E-state index is 12.5. The Bertz CT molecular complexity index is 473. The Labute approximate surface area is 116 Å². The van der Waals surface area contributed by atoms with Gasteiger partial charge >= 0.3 is 6.18 Å². The summed E-state index contributed by atoms with van der Waals surface area (Å²) in [5.41, 5.74) is 0.376. The molecule has 0 atom stereocenters. The summed E-state index contributed by atoms with van der Waals surface area (Å²) >= 11 is 0. The summed E-state index contributed by atoms with van der Waals surface area (Å²) in [6.45, 7) is 0. The molecule has 1 aliphatic carbocycles. The second kappa shape index (κ2) is 5.73. The third-order valence-corrected chi connectivity index (χ3v) is 3.65. The normalized spacial score (nSPS) is 23.1. The predicted octanol–water partition coefficient (Wildman–Crippen LogP) is 2.75. The van der Waals surface area contributed by atoms with Gasteiger partial charge in [0.15, 0.2) is 5.96 Å². The van der Waals surface area contributed by atoms with Crippen LogP contribution in [0.5, 0.6) is 0 Å². The highest BCUT2D eigenvalue weighted by atomic mass is 19.4. The molecular weight excluding hydrogens is 267 g/mol. The van der Waals surface area contributed by atoms with E-state index in [1.54, 1.807) is 26.2 Å². The van der Waals surface area contributed by atoms with E-state index in [1.807, 2.05) is 0 Å². The predicted molar refractivity (Wildman–Crippen MR) is 72.8 cm³/mol. The number of halogens is 3. The number of nitrogens with one attached hydrogen (secondary N) is 2. The average Bonchev–Trinajstić information content (AvgIpc) is 2.37. The van der Waals surface area contributed by atoms with Crippen molar-refractivity contribution in [2.24, 2.45) is 4.99 Å². The Morgan fingerprint density at radius 2 is 1.80 bits per heavy atom. The molecular formula is C14H18F3N3. The number of benzene rings is 1. The molecule has 1 saturated carbocycles. The highest BCUT2D eigenvalue weighted by Gasteiger charge is 2.33. The van der Waals surface area contributed by atoms with Crippen molar-refractivity contribution in [1.29, 1.82) is 0 Å². The molecule has 0 aromatic heterocycles. The Hall–Kier alpha value is -1.72. The first-order valence-corrected chi connectivity index (χ1v) is 6.52. The smallest absolute Gasteiger partial charge is 0.359 e. The second-order valence-corrected chi connectivity index (χ2v) is 4.95. The summed E-state index contributed by atoms with van der Waals surface area (Å²) in [5.74, 6) is 1.06. The molecule has 6 heteroatoms. The number of guanidine groups is 1. The van der Waals surface area contributed by atoms with Gasteiger partial charge in [-0.25, -0.2) is 0 Å². The van der Waals surface area contributed by atoms with Crippen LogP contribution in [0, 0.1) is 0 Å². The molecule has 2 N–H and O–H groups in total. The van der Waals surface area contributed by atoms with Gasteiger partial charge < -0.3 is 10.6 Å². The number of hydrogen-bond acceptors (Lipinski definition) is 1. The third-order valence-electron chi connectivity index (χ3n) is 3.65. The first kappa shape index (κ1) is 14.7. The molecule has 0 saturated heterocycles. The lowest BCUT2D eigenvalue weighted by Crippen LogP contribution is -2.47. The van der Waals surface area contributed by atoms with E-state index in [1.165, 1.54) is 0 Å². The monoisotopic (exact) mass is 285 g/mol. The minimum absolute atomic E-state index is 0.324. The summed E-state index contributed by atoms with van der Waals surface area (Å²) in [7, 11) is 3.49. The number of nitrogens with zero attached hydrogens (tertiary/aromatic N) is 1. The van der Waals surface area contributed by atoms with Crippen molar-refractivity contribution < 1.29 is 13.2 Å². The highest BCUT2D eigenvalue weighted by molar-refractivity contribution is 5.79. The zero-order valence-corrected chi connectivity index (χ0v) is 11.5. The van der Waals surface area contributed by atoms with Crippen LogP contribution in [0.2, 0.25) is 0 Å². The van der Waals surface area contributed by atoms with Crippen LogP contribution in [-0.2, 0) is 6.18 Å². The van der Waals surface area contributed by atoms with Gasteiger partial charge in [0.2, 0.25) is 0 Å². The molecule has 1 aliphatic rings. The first-order chi connectivity index (χ1) is 9.44. The minimum Gasteiger partial charge on any atom is -0.359 e. The number of aliphatic imine (C=N–C) groups is 1. The second-order valence-electron chi connectivity index (χ2n) is 4.95. The van der Waals surface area contributed by atoms with E-state index in [0.29, 0.717) is 12.0 Å². The van der Waals surface area contributed by atoms with E-state index in [0.717, 1.165) is 36.5 Å². The molecule has 2 rings (SSSR count). The van der Waals surface area contributed by atoms with E-state index in [9.17, 15) is 13.2 Å². The van der Waals surface area contributed by atoms with E-state index < -0.39 is 11.7 Å². The standard InChI is InChI=1S/C14H18F3N3/c1-18-13(19-2)20-12-7-10(8-12)9-3-5-11(6-4-9)14(15,16)17/h3-6,10,12H,7-8H2,1-2H3,(H2,18,19,20). The Balaban J connectivity index is 1.90. The molecule has 1 aromatic carbocycles. The number of hydrogen-bond donors (Lipinski definition) is 2. The van der Waals surface area contributed by atoms with Gasteiger partial charge in [-0.05, 0) is 36.5 Å². The van der Waals surface area contributed by atoms with Crippen LogP contribution in [0.15, 0.2) is 29.3 Å². The average molecular weight is 285 g/mol. The Morgan fingerprint density at radius 1 is 1.20 bits per heavy atom. The van der Waals surface area contributed by atoms with Crippen molar-refractivity contribution in [2.75, 3.05) is 14.1 Å². The van der Waals surface area contributed by atoms with Crippen LogP contribution in [0.25, 0.3) is 0 Å². The summed E-state index contributed by atoms with van der Waals surface area (Å²) in [5, 5.41) is 6.19. The molecule has 0 unspecified atom stereocenters. The molecule has 0 aliphatic heterocycles. The van der Waals surface area contributed by atoms with Crippen molar-refractivity contribution in [2.45, 2.75) is 31.0 Å². The Morgan fingerprint density at radius 3 is 2.25 bits per heavy atom. The van der Waals surface area contributed by atoms with Crippen molar-refractivity contribution >= 4 is 5.96 Å². The van der Waals surface area contributed by atoms with Gasteiger partial charge in [0.25, 0.3) is 0 Å². The van der Waals surface area contributed by atoms with Gasteiger partial charge in [-0.15, -0.1) is 0 Å². The fourth-order valence-corrected chi connectivity index (χ4v) is 2.39. The van der Waals surface area contributed by atoms with Crippen LogP contribution < -0.4 is 10.6 Å². The van der Waals surface area contributed by atoms with E-state index in [4.69, 9.17) is 0 Å². The molecule has 110 valence electrons. The van der Waals surface area contributed by atoms with Gasteiger partial charge in [0.05, 0.1) is 5.56 Å². The van der Waals surface area contributed by atoms with E-state index >= 15 is 0 Å². The number of alkyl halides is 3. The molecule has 0 heterocycles. The van der Waals surface area contributed by atoms with Crippen molar-refractivity contribution in [3.05, 3.63) is 35.4 Å². The van der Waals surface area contributed by atoms with E-state index in [2.05, 4.69) is 15.6 Å². The number of rotatable bonds is 2. The SMILES string of the molecule is CN=C(NC)NC1CC(c2ccc(C(F)(F)F)cc2)C1. The van der Waals surface area contributed by atoms with Gasteiger partial charge in [-0.2, -0.15) is 13.2 Å². The van der Waals surface area contributed by atoms with Crippen molar-refractivity contribution in [3.63, 3.8) is 0 Å². The maximum atomic E-state index is 12.5. The fourth-order valence-electron chi connectivity index (χ4n) is 2.39. The molecule has 0 spiro atoms. The summed E-state index contributed by atoms with van der Waals surface area (Å²) in [4.78, 5) is 4.03.